The first-order valence-corrected chi connectivity index (χ1v) is 13.7. The third-order valence-electron chi connectivity index (χ3n) is 7.36. The number of rotatable bonds is 5. The largest absolute Gasteiger partial charge is 0.349 e. The highest BCUT2D eigenvalue weighted by Crippen LogP contribution is 2.42. The smallest absolute Gasteiger partial charge is 0.254 e. The number of carbonyl (C=O) groups excluding carboxylic acids is 2. The van der Waals surface area contributed by atoms with Crippen LogP contribution >= 0.6 is 0 Å². The molecule has 2 aromatic carbocycles. The van der Waals surface area contributed by atoms with Crippen LogP contribution in [-0.2, 0) is 27.8 Å². The van der Waals surface area contributed by atoms with Crippen molar-refractivity contribution in [3.63, 3.8) is 0 Å². The summed E-state index contributed by atoms with van der Waals surface area (Å²) in [6.45, 7) is 13.1. The van der Waals surface area contributed by atoms with Crippen molar-refractivity contribution in [3.05, 3.63) is 77.9 Å². The Labute approximate surface area is 214 Å². The summed E-state index contributed by atoms with van der Waals surface area (Å²) in [6.07, 6.45) is 2.05. The maximum atomic E-state index is 13.6. The van der Waals surface area contributed by atoms with E-state index in [4.69, 9.17) is 0 Å². The van der Waals surface area contributed by atoms with Crippen LogP contribution in [0, 0.1) is 10.8 Å². The molecule has 0 aliphatic carbocycles. The summed E-state index contributed by atoms with van der Waals surface area (Å²) in [5.41, 5.74) is 1.87. The van der Waals surface area contributed by atoms with Gasteiger partial charge in [0, 0.05) is 37.8 Å². The Bertz CT molecular complexity index is 1260. The summed E-state index contributed by atoms with van der Waals surface area (Å²) in [4.78, 5) is 27.1. The van der Waals surface area contributed by atoms with Gasteiger partial charge in [-0.3, -0.25) is 9.59 Å². The molecule has 8 heteroatoms. The van der Waals surface area contributed by atoms with Gasteiger partial charge in [0.2, 0.25) is 15.9 Å². The van der Waals surface area contributed by atoms with Gasteiger partial charge in [0.1, 0.15) is 0 Å². The number of hydrogen-bond acceptors (Lipinski definition) is 4. The zero-order valence-corrected chi connectivity index (χ0v) is 22.3. The molecule has 2 aliphatic heterocycles. The summed E-state index contributed by atoms with van der Waals surface area (Å²) in [7, 11) is -3.79. The number of nitrogens with zero attached hydrogens (tertiary/aromatic N) is 2. The van der Waals surface area contributed by atoms with Crippen molar-refractivity contribution in [1.82, 2.24) is 14.5 Å². The van der Waals surface area contributed by atoms with E-state index in [0.29, 0.717) is 18.7 Å². The molecule has 0 unspecified atom stereocenters. The average molecular weight is 510 g/mol. The van der Waals surface area contributed by atoms with Crippen molar-refractivity contribution in [2.75, 3.05) is 19.6 Å². The molecule has 2 aromatic rings. The maximum absolute atomic E-state index is 13.6. The fourth-order valence-electron chi connectivity index (χ4n) is 5.74. The van der Waals surface area contributed by atoms with E-state index in [9.17, 15) is 18.0 Å². The highest BCUT2D eigenvalue weighted by Gasteiger charge is 2.50. The molecule has 0 radical (unpaired) electrons. The molecule has 7 nitrogen and oxygen atoms in total. The van der Waals surface area contributed by atoms with Gasteiger partial charge < -0.3 is 10.2 Å². The zero-order valence-electron chi connectivity index (χ0n) is 21.5. The summed E-state index contributed by atoms with van der Waals surface area (Å²) in [6, 6.07) is 14.1. The number of carbonyl (C=O) groups is 2. The van der Waals surface area contributed by atoms with Crippen LogP contribution in [0.4, 0.5) is 0 Å². The molecule has 2 heterocycles. The molecule has 1 N–H and O–H groups in total. The van der Waals surface area contributed by atoms with Crippen LogP contribution in [0.15, 0.2) is 66.1 Å². The van der Waals surface area contributed by atoms with Crippen molar-refractivity contribution in [2.45, 2.75) is 51.6 Å². The predicted molar refractivity (Wildman–Crippen MR) is 140 cm³/mol. The van der Waals surface area contributed by atoms with E-state index in [1.807, 2.05) is 45.9 Å². The van der Waals surface area contributed by atoms with Gasteiger partial charge in [-0.05, 0) is 58.7 Å². The zero-order chi connectivity index (χ0) is 26.3. The van der Waals surface area contributed by atoms with Crippen LogP contribution in [-0.4, -0.2) is 55.1 Å². The quantitative estimate of drug-likeness (QED) is 0.624. The molecule has 192 valence electrons. The minimum Gasteiger partial charge on any atom is -0.349 e. The van der Waals surface area contributed by atoms with Crippen LogP contribution < -0.4 is 5.32 Å². The summed E-state index contributed by atoms with van der Waals surface area (Å²) in [5, 5.41) is 3.00. The van der Waals surface area contributed by atoms with Crippen LogP contribution in [0.25, 0.3) is 0 Å². The fraction of sp³-hybridized carbons (Fsp3) is 0.429. The normalized spacial score (nSPS) is 19.8. The lowest BCUT2D eigenvalue weighted by molar-refractivity contribution is -0.120. The number of piperidine rings is 1. The van der Waals surface area contributed by atoms with E-state index in [0.717, 1.165) is 12.0 Å². The Kier molecular flexibility index (Phi) is 6.88. The minimum atomic E-state index is -3.79. The van der Waals surface area contributed by atoms with Crippen LogP contribution in [0.1, 0.15) is 49.2 Å². The van der Waals surface area contributed by atoms with Gasteiger partial charge in [-0.25, -0.2) is 8.42 Å². The first-order chi connectivity index (χ1) is 16.8. The lowest BCUT2D eigenvalue weighted by Crippen LogP contribution is -2.64. The van der Waals surface area contributed by atoms with E-state index < -0.39 is 20.9 Å². The van der Waals surface area contributed by atoms with E-state index in [2.05, 4.69) is 18.0 Å². The van der Waals surface area contributed by atoms with E-state index in [1.165, 1.54) is 28.1 Å². The number of nitrogens with one attached hydrogen (secondary N) is 1. The van der Waals surface area contributed by atoms with Crippen molar-refractivity contribution >= 4 is 21.8 Å². The van der Waals surface area contributed by atoms with Crippen LogP contribution in [0.5, 0.6) is 0 Å². The number of amides is 2. The number of benzene rings is 2. The van der Waals surface area contributed by atoms with Crippen molar-refractivity contribution in [1.29, 1.82) is 0 Å². The Hall–Kier alpha value is -2.97. The molecule has 0 saturated carbocycles. The van der Waals surface area contributed by atoms with Crippen molar-refractivity contribution in [2.24, 2.45) is 10.8 Å². The van der Waals surface area contributed by atoms with Gasteiger partial charge in [0.05, 0.1) is 4.90 Å². The Morgan fingerprint density at radius 2 is 1.56 bits per heavy atom. The standard InChI is InChI=1S/C28H35N3O4S/c1-6-24(32)29-26-27(2,3)18-31(19-28(26,4)5)36(34,35)23-13-11-21(12-14-23)25(33)30-16-15-20-9-7-8-10-22(20)17-30/h6-14,26H,1,15-19H2,2-5H3,(H,29,32). The van der Waals surface area contributed by atoms with Gasteiger partial charge in [-0.15, -0.1) is 0 Å². The summed E-state index contributed by atoms with van der Waals surface area (Å²) >= 11 is 0. The second kappa shape index (κ2) is 9.48. The van der Waals surface area contributed by atoms with Crippen LogP contribution in [0.3, 0.4) is 0 Å². The third kappa shape index (κ3) is 4.97. The first-order valence-electron chi connectivity index (χ1n) is 12.2. The number of hydrogen-bond donors (Lipinski definition) is 1. The molecular formula is C28H35N3O4S. The fourth-order valence-corrected chi connectivity index (χ4v) is 7.52. The molecule has 4 rings (SSSR count). The number of fused-ring (bicyclic) bond motifs is 1. The average Bonchev–Trinajstić information content (AvgIpc) is 2.84. The molecule has 2 aliphatic rings. The summed E-state index contributed by atoms with van der Waals surface area (Å²) in [5.74, 6) is -0.371. The molecule has 0 aromatic heterocycles. The maximum Gasteiger partial charge on any atom is 0.254 e. The second-order valence-corrected chi connectivity index (χ2v) is 13.1. The van der Waals surface area contributed by atoms with Gasteiger partial charge >= 0.3 is 0 Å². The van der Waals surface area contributed by atoms with Gasteiger partial charge in [-0.1, -0.05) is 58.5 Å². The predicted octanol–water partition coefficient (Wildman–Crippen LogP) is 3.61. The highest BCUT2D eigenvalue weighted by molar-refractivity contribution is 7.89. The van der Waals surface area contributed by atoms with Crippen molar-refractivity contribution in [3.8, 4) is 0 Å². The summed E-state index contributed by atoms with van der Waals surface area (Å²) < 4.78 is 28.7. The molecular weight excluding hydrogens is 474 g/mol. The van der Waals surface area contributed by atoms with Gasteiger partial charge in [0.15, 0.2) is 0 Å². The Morgan fingerprint density at radius 3 is 2.14 bits per heavy atom. The number of sulfonamides is 1. The highest BCUT2D eigenvalue weighted by atomic mass is 32.2. The second-order valence-electron chi connectivity index (χ2n) is 11.2. The monoisotopic (exact) mass is 509 g/mol. The molecule has 0 spiro atoms. The lowest BCUT2D eigenvalue weighted by atomic mass is 9.67. The molecule has 0 atom stereocenters. The van der Waals surface area contributed by atoms with E-state index in [-0.39, 0.29) is 35.8 Å². The minimum absolute atomic E-state index is 0.102. The SMILES string of the molecule is C=CC(=O)NC1C(C)(C)CN(S(=O)(=O)c2ccc(C(=O)N3CCc4ccccc4C3)cc2)CC1(C)C. The van der Waals surface area contributed by atoms with Crippen LogP contribution in [0.2, 0.25) is 0 Å². The molecule has 2 amide bonds. The lowest BCUT2D eigenvalue weighted by Gasteiger charge is -2.52. The van der Waals surface area contributed by atoms with Crippen molar-refractivity contribution < 1.29 is 18.0 Å². The van der Waals surface area contributed by atoms with Gasteiger partial charge in [-0.2, -0.15) is 4.31 Å². The molecule has 1 fully saturated rings. The Morgan fingerprint density at radius 1 is 0.972 bits per heavy atom. The van der Waals surface area contributed by atoms with E-state index >= 15 is 0 Å². The first kappa shape index (κ1) is 26.1. The third-order valence-corrected chi connectivity index (χ3v) is 9.17. The molecule has 0 bridgehead atoms. The topological polar surface area (TPSA) is 86.8 Å². The molecule has 1 saturated heterocycles. The Balaban J connectivity index is 1.51. The van der Waals surface area contributed by atoms with Gasteiger partial charge in [0.25, 0.3) is 5.91 Å². The van der Waals surface area contributed by atoms with E-state index in [1.54, 1.807) is 17.0 Å². The molecule has 36 heavy (non-hydrogen) atoms.